The van der Waals surface area contributed by atoms with Gasteiger partial charge in [0.25, 0.3) is 5.91 Å². The van der Waals surface area contributed by atoms with Crippen LogP contribution < -0.4 is 10.1 Å². The van der Waals surface area contributed by atoms with Crippen molar-refractivity contribution in [2.45, 2.75) is 26.0 Å². The van der Waals surface area contributed by atoms with Crippen LogP contribution in [0.25, 0.3) is 0 Å². The van der Waals surface area contributed by atoms with Gasteiger partial charge in [0.05, 0.1) is 6.42 Å². The summed E-state index contributed by atoms with van der Waals surface area (Å²) in [5, 5.41) is 12.1. The van der Waals surface area contributed by atoms with Crippen molar-refractivity contribution in [3.8, 4) is 5.75 Å². The standard InChI is InChI=1S/C18H18ClNO4/c1-12(18(23)20-11-14-4-2-3-5-16(14)19)24-15-8-6-13(7-9-15)10-17(21)22/h2-9,12H,10-11H2,1H3,(H,20,23)(H,21,22)/t12-/m0/s1. The van der Waals surface area contributed by atoms with Crippen LogP contribution in [0.3, 0.4) is 0 Å². The Morgan fingerprint density at radius 2 is 1.83 bits per heavy atom. The van der Waals surface area contributed by atoms with Gasteiger partial charge in [-0.3, -0.25) is 9.59 Å². The third-order valence-corrected chi connectivity index (χ3v) is 3.74. The van der Waals surface area contributed by atoms with Crippen LogP contribution in [0.4, 0.5) is 0 Å². The average Bonchev–Trinajstić information content (AvgIpc) is 2.55. The minimum atomic E-state index is -0.893. The number of rotatable bonds is 7. The lowest BCUT2D eigenvalue weighted by Crippen LogP contribution is -2.35. The molecule has 0 saturated heterocycles. The number of hydrogen-bond acceptors (Lipinski definition) is 3. The molecule has 5 nitrogen and oxygen atoms in total. The van der Waals surface area contributed by atoms with E-state index in [4.69, 9.17) is 21.4 Å². The van der Waals surface area contributed by atoms with Gasteiger partial charge >= 0.3 is 5.97 Å². The Morgan fingerprint density at radius 1 is 1.17 bits per heavy atom. The van der Waals surface area contributed by atoms with E-state index >= 15 is 0 Å². The van der Waals surface area contributed by atoms with Gasteiger partial charge in [-0.15, -0.1) is 0 Å². The lowest BCUT2D eigenvalue weighted by molar-refractivity contribution is -0.136. The first-order valence-electron chi connectivity index (χ1n) is 7.44. The zero-order chi connectivity index (χ0) is 17.5. The number of carboxylic acids is 1. The molecule has 126 valence electrons. The topological polar surface area (TPSA) is 75.6 Å². The molecule has 0 aliphatic heterocycles. The van der Waals surface area contributed by atoms with Crippen molar-refractivity contribution in [2.75, 3.05) is 0 Å². The molecule has 0 saturated carbocycles. The van der Waals surface area contributed by atoms with Gasteiger partial charge in [-0.2, -0.15) is 0 Å². The first-order chi connectivity index (χ1) is 11.5. The highest BCUT2D eigenvalue weighted by molar-refractivity contribution is 6.31. The summed E-state index contributed by atoms with van der Waals surface area (Å²) in [5.41, 5.74) is 1.50. The summed E-state index contributed by atoms with van der Waals surface area (Å²) in [6, 6.07) is 13.9. The third-order valence-electron chi connectivity index (χ3n) is 3.37. The quantitative estimate of drug-likeness (QED) is 0.807. The highest BCUT2D eigenvalue weighted by Gasteiger charge is 2.15. The summed E-state index contributed by atoms with van der Waals surface area (Å²) in [6.07, 6.45) is -0.730. The number of hydrogen-bond donors (Lipinski definition) is 2. The van der Waals surface area contributed by atoms with Crippen LogP contribution >= 0.6 is 11.6 Å². The SMILES string of the molecule is C[C@H](Oc1ccc(CC(=O)O)cc1)C(=O)NCc1ccccc1Cl. The first kappa shape index (κ1) is 17.8. The molecule has 0 aliphatic rings. The molecule has 0 unspecified atom stereocenters. The van der Waals surface area contributed by atoms with Crippen molar-refractivity contribution in [1.29, 1.82) is 0 Å². The molecule has 2 aromatic rings. The van der Waals surface area contributed by atoms with Gasteiger partial charge in [0, 0.05) is 11.6 Å². The number of carbonyl (C=O) groups excluding carboxylic acids is 1. The molecule has 1 amide bonds. The molecule has 24 heavy (non-hydrogen) atoms. The fraction of sp³-hybridized carbons (Fsp3) is 0.222. The second kappa shape index (κ2) is 8.36. The van der Waals surface area contributed by atoms with Crippen LogP contribution in [0, 0.1) is 0 Å². The molecular weight excluding hydrogens is 330 g/mol. The Bertz CT molecular complexity index is 715. The molecule has 6 heteroatoms. The van der Waals surface area contributed by atoms with E-state index in [1.807, 2.05) is 18.2 Å². The number of ether oxygens (including phenoxy) is 1. The molecule has 2 rings (SSSR count). The van der Waals surface area contributed by atoms with Crippen molar-refractivity contribution >= 4 is 23.5 Å². The number of carbonyl (C=O) groups is 2. The summed E-state index contributed by atoms with van der Waals surface area (Å²) in [5.74, 6) is -0.648. The number of aliphatic carboxylic acids is 1. The maximum Gasteiger partial charge on any atom is 0.307 e. The summed E-state index contributed by atoms with van der Waals surface area (Å²) in [6.45, 7) is 1.97. The predicted molar refractivity (Wildman–Crippen MR) is 91.2 cm³/mol. The van der Waals surface area contributed by atoms with Crippen LogP contribution in [-0.2, 0) is 22.6 Å². The average molecular weight is 348 g/mol. The zero-order valence-electron chi connectivity index (χ0n) is 13.2. The minimum absolute atomic E-state index is 0.0475. The summed E-state index contributed by atoms with van der Waals surface area (Å²) in [4.78, 5) is 22.7. The van der Waals surface area contributed by atoms with Crippen LogP contribution in [0.15, 0.2) is 48.5 Å². The van der Waals surface area contributed by atoms with Gasteiger partial charge in [-0.25, -0.2) is 0 Å². The summed E-state index contributed by atoms with van der Waals surface area (Å²) < 4.78 is 5.56. The lowest BCUT2D eigenvalue weighted by atomic mass is 10.1. The third kappa shape index (κ3) is 5.28. The van der Waals surface area contributed by atoms with Gasteiger partial charge < -0.3 is 15.2 Å². The number of amides is 1. The second-order valence-corrected chi connectivity index (χ2v) is 5.69. The van der Waals surface area contributed by atoms with E-state index in [1.54, 1.807) is 37.3 Å². The number of halogens is 1. The molecule has 2 aromatic carbocycles. The van der Waals surface area contributed by atoms with Gasteiger partial charge in [0.15, 0.2) is 6.10 Å². The Labute approximate surface area is 145 Å². The number of carboxylic acid groups (broad SMARTS) is 1. The van der Waals surface area contributed by atoms with E-state index in [1.165, 1.54) is 0 Å². The lowest BCUT2D eigenvalue weighted by Gasteiger charge is -2.15. The largest absolute Gasteiger partial charge is 0.481 e. The van der Waals surface area contributed by atoms with Gasteiger partial charge in [-0.1, -0.05) is 41.9 Å². The van der Waals surface area contributed by atoms with E-state index in [0.717, 1.165) is 5.56 Å². The number of benzene rings is 2. The Morgan fingerprint density at radius 3 is 2.46 bits per heavy atom. The molecule has 0 fully saturated rings. The van der Waals surface area contributed by atoms with Crippen LogP contribution in [0.5, 0.6) is 5.75 Å². The Hall–Kier alpha value is -2.53. The normalized spacial score (nSPS) is 11.6. The van der Waals surface area contributed by atoms with E-state index < -0.39 is 12.1 Å². The Balaban J connectivity index is 1.87. The van der Waals surface area contributed by atoms with Crippen LogP contribution in [-0.4, -0.2) is 23.1 Å². The molecule has 2 N–H and O–H groups in total. The van der Waals surface area contributed by atoms with Crippen molar-refractivity contribution in [2.24, 2.45) is 0 Å². The fourth-order valence-corrected chi connectivity index (χ4v) is 2.29. The monoisotopic (exact) mass is 347 g/mol. The molecule has 0 aliphatic carbocycles. The smallest absolute Gasteiger partial charge is 0.307 e. The highest BCUT2D eigenvalue weighted by Crippen LogP contribution is 2.16. The van der Waals surface area contributed by atoms with Gasteiger partial charge in [0.1, 0.15) is 5.75 Å². The maximum absolute atomic E-state index is 12.1. The van der Waals surface area contributed by atoms with Gasteiger partial charge in [-0.05, 0) is 36.2 Å². The zero-order valence-corrected chi connectivity index (χ0v) is 13.9. The fourth-order valence-electron chi connectivity index (χ4n) is 2.09. The van der Waals surface area contributed by atoms with Crippen molar-refractivity contribution in [3.63, 3.8) is 0 Å². The molecule has 0 heterocycles. The Kier molecular flexibility index (Phi) is 6.21. The summed E-state index contributed by atoms with van der Waals surface area (Å²) >= 11 is 6.04. The van der Waals surface area contributed by atoms with Crippen molar-refractivity contribution in [1.82, 2.24) is 5.32 Å². The maximum atomic E-state index is 12.1. The van der Waals surface area contributed by atoms with Crippen molar-refractivity contribution < 1.29 is 19.4 Å². The summed E-state index contributed by atoms with van der Waals surface area (Å²) in [7, 11) is 0. The minimum Gasteiger partial charge on any atom is -0.481 e. The first-order valence-corrected chi connectivity index (χ1v) is 7.82. The van der Waals surface area contributed by atoms with Crippen LogP contribution in [0.2, 0.25) is 5.02 Å². The molecule has 0 bridgehead atoms. The highest BCUT2D eigenvalue weighted by atomic mass is 35.5. The second-order valence-electron chi connectivity index (χ2n) is 5.28. The number of nitrogens with one attached hydrogen (secondary N) is 1. The molecular formula is C18H18ClNO4. The predicted octanol–water partition coefficient (Wildman–Crippen LogP) is 3.05. The molecule has 0 spiro atoms. The molecule has 1 atom stereocenters. The van der Waals surface area contributed by atoms with E-state index in [2.05, 4.69) is 5.32 Å². The van der Waals surface area contributed by atoms with Crippen LogP contribution in [0.1, 0.15) is 18.1 Å². The molecule has 0 radical (unpaired) electrons. The van der Waals surface area contributed by atoms with Gasteiger partial charge in [0.2, 0.25) is 0 Å². The van der Waals surface area contributed by atoms with Crippen molar-refractivity contribution in [3.05, 3.63) is 64.7 Å². The molecule has 0 aromatic heterocycles. The van der Waals surface area contributed by atoms with E-state index in [9.17, 15) is 9.59 Å². The van der Waals surface area contributed by atoms with E-state index in [-0.39, 0.29) is 12.3 Å². The van der Waals surface area contributed by atoms with E-state index in [0.29, 0.717) is 22.9 Å².